The molecular weight excluding hydrogens is 302 g/mol. The van der Waals surface area contributed by atoms with Gasteiger partial charge < -0.3 is 14.4 Å². The Kier molecular flexibility index (Phi) is 5.16. The second-order valence-electron chi connectivity index (χ2n) is 6.17. The van der Waals surface area contributed by atoms with Gasteiger partial charge in [-0.2, -0.15) is 0 Å². The first-order chi connectivity index (χ1) is 11.6. The first-order valence-corrected chi connectivity index (χ1v) is 8.37. The number of hydrogen-bond acceptors (Lipinski definition) is 4. The highest BCUT2D eigenvalue weighted by molar-refractivity contribution is 6.09. The number of rotatable bonds is 5. The van der Waals surface area contributed by atoms with Crippen molar-refractivity contribution < 1.29 is 14.3 Å². The average Bonchev–Trinajstić information content (AvgIpc) is 2.62. The summed E-state index contributed by atoms with van der Waals surface area (Å²) in [5, 5.41) is 0. The lowest BCUT2D eigenvalue weighted by atomic mass is 10.0. The molecular formula is C20H23NO3. The largest absolute Gasteiger partial charge is 0.491 e. The van der Waals surface area contributed by atoms with E-state index in [4.69, 9.17) is 9.47 Å². The van der Waals surface area contributed by atoms with Crippen LogP contribution in [0.2, 0.25) is 0 Å². The number of anilines is 1. The maximum atomic E-state index is 12.6. The molecule has 0 N–H and O–H groups in total. The van der Waals surface area contributed by atoms with E-state index in [-0.39, 0.29) is 11.9 Å². The van der Waals surface area contributed by atoms with E-state index < -0.39 is 0 Å². The Morgan fingerprint density at radius 1 is 0.958 bits per heavy atom. The summed E-state index contributed by atoms with van der Waals surface area (Å²) in [6.07, 6.45) is 0.124. The molecule has 126 valence electrons. The molecule has 4 nitrogen and oxygen atoms in total. The Balaban J connectivity index is 1.70. The molecule has 0 spiro atoms. The summed E-state index contributed by atoms with van der Waals surface area (Å²) < 4.78 is 11.0. The molecule has 1 heterocycles. The number of carbonyl (C=O) groups is 1. The summed E-state index contributed by atoms with van der Waals surface area (Å²) in [6, 6.07) is 15.1. The highest BCUT2D eigenvalue weighted by Crippen LogP contribution is 2.20. The highest BCUT2D eigenvalue weighted by atomic mass is 16.5. The molecule has 1 aliphatic rings. The number of hydrogen-bond donors (Lipinski definition) is 0. The fraction of sp³-hybridized carbons (Fsp3) is 0.350. The summed E-state index contributed by atoms with van der Waals surface area (Å²) >= 11 is 0. The van der Waals surface area contributed by atoms with Crippen LogP contribution in [0.3, 0.4) is 0 Å². The van der Waals surface area contributed by atoms with Gasteiger partial charge in [0.2, 0.25) is 0 Å². The van der Waals surface area contributed by atoms with Gasteiger partial charge in [0.15, 0.2) is 5.78 Å². The van der Waals surface area contributed by atoms with Crippen molar-refractivity contribution in [3.63, 3.8) is 0 Å². The smallest absolute Gasteiger partial charge is 0.193 e. The molecule has 0 saturated carbocycles. The fourth-order valence-corrected chi connectivity index (χ4v) is 2.77. The van der Waals surface area contributed by atoms with Gasteiger partial charge in [-0.05, 0) is 62.4 Å². The topological polar surface area (TPSA) is 38.8 Å². The molecule has 0 atom stereocenters. The minimum Gasteiger partial charge on any atom is -0.491 e. The van der Waals surface area contributed by atoms with Gasteiger partial charge in [0.25, 0.3) is 0 Å². The first-order valence-electron chi connectivity index (χ1n) is 8.37. The van der Waals surface area contributed by atoms with Gasteiger partial charge in [-0.1, -0.05) is 0 Å². The lowest BCUT2D eigenvalue weighted by molar-refractivity contribution is 0.103. The van der Waals surface area contributed by atoms with Crippen LogP contribution >= 0.6 is 0 Å². The molecule has 1 aliphatic heterocycles. The van der Waals surface area contributed by atoms with Crippen molar-refractivity contribution in [1.29, 1.82) is 0 Å². The Morgan fingerprint density at radius 2 is 1.50 bits per heavy atom. The van der Waals surface area contributed by atoms with Crippen LogP contribution in [0.25, 0.3) is 0 Å². The Labute approximate surface area is 143 Å². The van der Waals surface area contributed by atoms with Crippen LogP contribution in [0.5, 0.6) is 5.75 Å². The molecule has 0 bridgehead atoms. The van der Waals surface area contributed by atoms with Gasteiger partial charge in [0.05, 0.1) is 19.3 Å². The Morgan fingerprint density at radius 3 is 2.04 bits per heavy atom. The molecule has 24 heavy (non-hydrogen) atoms. The molecule has 2 aromatic rings. The van der Waals surface area contributed by atoms with E-state index in [1.54, 1.807) is 0 Å². The maximum Gasteiger partial charge on any atom is 0.193 e. The van der Waals surface area contributed by atoms with Crippen LogP contribution in [0.15, 0.2) is 48.5 Å². The lowest BCUT2D eigenvalue weighted by Gasteiger charge is -2.28. The quantitative estimate of drug-likeness (QED) is 0.788. The van der Waals surface area contributed by atoms with E-state index in [0.29, 0.717) is 11.1 Å². The molecule has 0 amide bonds. The zero-order valence-corrected chi connectivity index (χ0v) is 14.2. The van der Waals surface area contributed by atoms with E-state index in [1.807, 2.05) is 62.4 Å². The van der Waals surface area contributed by atoms with Crippen LogP contribution in [-0.2, 0) is 4.74 Å². The molecule has 3 rings (SSSR count). The van der Waals surface area contributed by atoms with Crippen molar-refractivity contribution in [2.75, 3.05) is 31.2 Å². The fourth-order valence-electron chi connectivity index (χ4n) is 2.77. The van der Waals surface area contributed by atoms with Gasteiger partial charge in [0.1, 0.15) is 5.75 Å². The van der Waals surface area contributed by atoms with Crippen molar-refractivity contribution >= 4 is 11.5 Å². The van der Waals surface area contributed by atoms with Crippen molar-refractivity contribution in [2.45, 2.75) is 20.0 Å². The monoisotopic (exact) mass is 325 g/mol. The van der Waals surface area contributed by atoms with Gasteiger partial charge >= 0.3 is 0 Å². The number of benzene rings is 2. The molecule has 0 aliphatic carbocycles. The number of ether oxygens (including phenoxy) is 2. The highest BCUT2D eigenvalue weighted by Gasteiger charge is 2.13. The zero-order valence-electron chi connectivity index (χ0n) is 14.2. The normalized spacial score (nSPS) is 14.7. The third kappa shape index (κ3) is 3.95. The molecule has 1 saturated heterocycles. The van der Waals surface area contributed by atoms with Crippen molar-refractivity contribution in [3.8, 4) is 5.75 Å². The van der Waals surface area contributed by atoms with Gasteiger partial charge in [-0.25, -0.2) is 0 Å². The summed E-state index contributed by atoms with van der Waals surface area (Å²) in [5.41, 5.74) is 2.50. The van der Waals surface area contributed by atoms with Crippen LogP contribution in [-0.4, -0.2) is 38.2 Å². The van der Waals surface area contributed by atoms with E-state index in [9.17, 15) is 4.79 Å². The van der Waals surface area contributed by atoms with Crippen LogP contribution in [0.4, 0.5) is 5.69 Å². The summed E-state index contributed by atoms with van der Waals surface area (Å²) in [7, 11) is 0. The van der Waals surface area contributed by atoms with Crippen LogP contribution < -0.4 is 9.64 Å². The summed E-state index contributed by atoms with van der Waals surface area (Å²) in [4.78, 5) is 14.9. The third-order valence-corrected chi connectivity index (χ3v) is 3.99. The molecule has 4 heteroatoms. The molecule has 2 aromatic carbocycles. The van der Waals surface area contributed by atoms with Gasteiger partial charge in [0, 0.05) is 29.9 Å². The number of nitrogens with zero attached hydrogens (tertiary/aromatic N) is 1. The van der Waals surface area contributed by atoms with Gasteiger partial charge in [-0.3, -0.25) is 4.79 Å². The minimum absolute atomic E-state index is 0.0274. The maximum absolute atomic E-state index is 12.6. The van der Waals surface area contributed by atoms with E-state index in [2.05, 4.69) is 4.90 Å². The van der Waals surface area contributed by atoms with Crippen molar-refractivity contribution in [3.05, 3.63) is 59.7 Å². The first kappa shape index (κ1) is 16.5. The van der Waals surface area contributed by atoms with E-state index >= 15 is 0 Å². The molecule has 0 unspecified atom stereocenters. The zero-order chi connectivity index (χ0) is 16.9. The predicted octanol–water partition coefficient (Wildman–Crippen LogP) is 3.54. The number of ketones is 1. The van der Waals surface area contributed by atoms with Crippen molar-refractivity contribution in [2.24, 2.45) is 0 Å². The van der Waals surface area contributed by atoms with Crippen LogP contribution in [0, 0.1) is 0 Å². The minimum atomic E-state index is 0.0274. The Hall–Kier alpha value is -2.33. The molecule has 0 aromatic heterocycles. The van der Waals surface area contributed by atoms with Crippen molar-refractivity contribution in [1.82, 2.24) is 0 Å². The summed E-state index contributed by atoms with van der Waals surface area (Å²) in [5.74, 6) is 0.809. The average molecular weight is 325 g/mol. The lowest BCUT2D eigenvalue weighted by Crippen LogP contribution is -2.36. The standard InChI is InChI=1S/C20H23NO3/c1-15(2)24-19-9-5-17(6-10-19)20(22)16-3-7-18(8-4-16)21-11-13-23-14-12-21/h3-10,15H,11-14H2,1-2H3. The SMILES string of the molecule is CC(C)Oc1ccc(C(=O)c2ccc(N3CCOCC3)cc2)cc1. The summed E-state index contributed by atoms with van der Waals surface area (Å²) in [6.45, 7) is 7.26. The predicted molar refractivity (Wildman–Crippen MR) is 95.1 cm³/mol. The number of carbonyl (C=O) groups excluding carboxylic acids is 1. The molecule has 1 fully saturated rings. The number of morpholine rings is 1. The van der Waals surface area contributed by atoms with E-state index in [1.165, 1.54) is 0 Å². The molecule has 0 radical (unpaired) electrons. The Bertz CT molecular complexity index is 671. The second-order valence-corrected chi connectivity index (χ2v) is 6.17. The van der Waals surface area contributed by atoms with Gasteiger partial charge in [-0.15, -0.1) is 0 Å². The van der Waals surface area contributed by atoms with E-state index in [0.717, 1.165) is 37.7 Å². The van der Waals surface area contributed by atoms with Crippen LogP contribution in [0.1, 0.15) is 29.8 Å². The third-order valence-electron chi connectivity index (χ3n) is 3.99. The second kappa shape index (κ2) is 7.49.